The molecule has 0 atom stereocenters. The molecular weight excluding hydrogens is 124 g/mol. The van der Waals surface area contributed by atoms with Crippen molar-refractivity contribution in [3.05, 3.63) is 12.2 Å². The van der Waals surface area contributed by atoms with Gasteiger partial charge >= 0.3 is 0 Å². The van der Waals surface area contributed by atoms with Gasteiger partial charge in [-0.25, -0.2) is 0 Å². The molecule has 0 heterocycles. The summed E-state index contributed by atoms with van der Waals surface area (Å²) in [5, 5.41) is 0. The Morgan fingerprint density at radius 3 is 2.90 bits per heavy atom. The number of rotatable bonds is 3. The zero-order valence-corrected chi connectivity index (χ0v) is 6.68. The first-order valence-electron chi connectivity index (χ1n) is 3.54. The fourth-order valence-electron chi connectivity index (χ4n) is 0.482. The molecule has 0 fully saturated rings. The SMILES string of the molecule is CCC/C=C/C#CCOC. The summed E-state index contributed by atoms with van der Waals surface area (Å²) in [5.41, 5.74) is 0. The van der Waals surface area contributed by atoms with Crippen molar-refractivity contribution < 1.29 is 4.74 Å². The maximum absolute atomic E-state index is 4.74. The molecule has 0 amide bonds. The van der Waals surface area contributed by atoms with Gasteiger partial charge in [0.2, 0.25) is 0 Å². The van der Waals surface area contributed by atoms with Crippen molar-refractivity contribution in [2.75, 3.05) is 13.7 Å². The van der Waals surface area contributed by atoms with Gasteiger partial charge in [-0.15, -0.1) is 0 Å². The van der Waals surface area contributed by atoms with E-state index in [9.17, 15) is 0 Å². The molecule has 0 aromatic carbocycles. The topological polar surface area (TPSA) is 9.23 Å². The quantitative estimate of drug-likeness (QED) is 0.542. The van der Waals surface area contributed by atoms with Crippen molar-refractivity contribution in [1.29, 1.82) is 0 Å². The van der Waals surface area contributed by atoms with E-state index in [0.29, 0.717) is 6.61 Å². The lowest BCUT2D eigenvalue weighted by Crippen LogP contribution is -1.79. The van der Waals surface area contributed by atoms with Crippen LogP contribution in [0.3, 0.4) is 0 Å². The van der Waals surface area contributed by atoms with Gasteiger partial charge in [0.05, 0.1) is 0 Å². The highest BCUT2D eigenvalue weighted by atomic mass is 16.5. The molecule has 1 nitrogen and oxygen atoms in total. The Bertz CT molecular complexity index is 137. The Kier molecular flexibility index (Phi) is 7.65. The number of unbranched alkanes of at least 4 members (excludes halogenated alkanes) is 1. The monoisotopic (exact) mass is 138 g/mol. The van der Waals surface area contributed by atoms with Crippen LogP contribution in [0, 0.1) is 11.8 Å². The third-order valence-electron chi connectivity index (χ3n) is 0.975. The highest BCUT2D eigenvalue weighted by molar-refractivity contribution is 5.15. The summed E-state index contributed by atoms with van der Waals surface area (Å²) in [6.45, 7) is 2.67. The number of ether oxygens (including phenoxy) is 1. The molecule has 0 aliphatic rings. The lowest BCUT2D eigenvalue weighted by molar-refractivity contribution is 0.240. The van der Waals surface area contributed by atoms with Crippen molar-refractivity contribution in [3.8, 4) is 11.8 Å². The third kappa shape index (κ3) is 7.26. The Hall–Kier alpha value is -0.740. The van der Waals surface area contributed by atoms with Crippen LogP contribution in [0.15, 0.2) is 12.2 Å². The second kappa shape index (κ2) is 8.26. The molecule has 56 valence electrons. The van der Waals surface area contributed by atoms with Crippen LogP contribution < -0.4 is 0 Å². The number of hydrogen-bond donors (Lipinski definition) is 0. The molecule has 0 radical (unpaired) electrons. The van der Waals surface area contributed by atoms with Crippen molar-refractivity contribution in [2.24, 2.45) is 0 Å². The lowest BCUT2D eigenvalue weighted by atomic mass is 10.3. The maximum Gasteiger partial charge on any atom is 0.107 e. The Morgan fingerprint density at radius 1 is 1.50 bits per heavy atom. The minimum atomic E-state index is 0.524. The molecule has 0 unspecified atom stereocenters. The number of allylic oxidation sites excluding steroid dienone is 2. The van der Waals surface area contributed by atoms with Gasteiger partial charge in [-0.3, -0.25) is 0 Å². The average Bonchev–Trinajstić information content (AvgIpc) is 1.97. The highest BCUT2D eigenvalue weighted by Gasteiger charge is 1.68. The van der Waals surface area contributed by atoms with E-state index in [2.05, 4.69) is 24.8 Å². The minimum absolute atomic E-state index is 0.524. The van der Waals surface area contributed by atoms with Gasteiger partial charge in [0, 0.05) is 7.11 Å². The van der Waals surface area contributed by atoms with Crippen LogP contribution in [-0.2, 0) is 4.74 Å². The summed E-state index contributed by atoms with van der Waals surface area (Å²) in [4.78, 5) is 0. The zero-order chi connectivity index (χ0) is 7.66. The van der Waals surface area contributed by atoms with Gasteiger partial charge < -0.3 is 4.74 Å². The predicted octanol–water partition coefficient (Wildman–Crippen LogP) is 1.99. The fourth-order valence-corrected chi connectivity index (χ4v) is 0.482. The van der Waals surface area contributed by atoms with E-state index in [1.807, 2.05) is 6.08 Å². The summed E-state index contributed by atoms with van der Waals surface area (Å²) < 4.78 is 4.74. The van der Waals surface area contributed by atoms with Crippen LogP contribution >= 0.6 is 0 Å². The van der Waals surface area contributed by atoms with E-state index >= 15 is 0 Å². The molecule has 0 saturated carbocycles. The smallest absolute Gasteiger partial charge is 0.107 e. The molecule has 0 aromatic rings. The maximum atomic E-state index is 4.74. The average molecular weight is 138 g/mol. The van der Waals surface area contributed by atoms with E-state index in [-0.39, 0.29) is 0 Å². The summed E-state index contributed by atoms with van der Waals surface area (Å²) in [7, 11) is 1.64. The molecule has 0 spiro atoms. The molecule has 1 heteroatoms. The molecule has 10 heavy (non-hydrogen) atoms. The molecule has 0 rings (SSSR count). The zero-order valence-electron chi connectivity index (χ0n) is 6.68. The van der Waals surface area contributed by atoms with Gasteiger partial charge in [-0.2, -0.15) is 0 Å². The van der Waals surface area contributed by atoms with Crippen LogP contribution in [0.2, 0.25) is 0 Å². The van der Waals surface area contributed by atoms with Crippen LogP contribution in [-0.4, -0.2) is 13.7 Å². The molecule has 0 saturated heterocycles. The molecule has 0 aliphatic heterocycles. The minimum Gasteiger partial charge on any atom is -0.372 e. The van der Waals surface area contributed by atoms with Crippen molar-refractivity contribution in [3.63, 3.8) is 0 Å². The summed E-state index contributed by atoms with van der Waals surface area (Å²) in [6, 6.07) is 0. The molecule has 0 aliphatic carbocycles. The first-order valence-corrected chi connectivity index (χ1v) is 3.54. The lowest BCUT2D eigenvalue weighted by Gasteiger charge is -1.80. The van der Waals surface area contributed by atoms with Crippen LogP contribution in [0.1, 0.15) is 19.8 Å². The number of hydrogen-bond acceptors (Lipinski definition) is 1. The van der Waals surface area contributed by atoms with E-state index in [1.165, 1.54) is 6.42 Å². The molecule has 0 N–H and O–H groups in total. The predicted molar refractivity (Wildman–Crippen MR) is 43.7 cm³/mol. The fraction of sp³-hybridized carbons (Fsp3) is 0.556. The number of methoxy groups -OCH3 is 1. The summed E-state index contributed by atoms with van der Waals surface area (Å²) >= 11 is 0. The summed E-state index contributed by atoms with van der Waals surface area (Å²) in [6.07, 6.45) is 6.25. The Labute approximate surface area is 63.1 Å². The van der Waals surface area contributed by atoms with Crippen molar-refractivity contribution >= 4 is 0 Å². The van der Waals surface area contributed by atoms with E-state index in [1.54, 1.807) is 7.11 Å². The van der Waals surface area contributed by atoms with Gasteiger partial charge in [-0.1, -0.05) is 31.3 Å². The largest absolute Gasteiger partial charge is 0.372 e. The standard InChI is InChI=1S/C9H14O/c1-3-4-5-6-7-8-9-10-2/h5-6H,3-4,9H2,1-2H3/b6-5+. The molecular formula is C9H14O. The van der Waals surface area contributed by atoms with Crippen LogP contribution in [0.25, 0.3) is 0 Å². The van der Waals surface area contributed by atoms with Crippen molar-refractivity contribution in [2.45, 2.75) is 19.8 Å². The highest BCUT2D eigenvalue weighted by Crippen LogP contribution is 1.86. The summed E-state index contributed by atoms with van der Waals surface area (Å²) in [5.74, 6) is 5.70. The van der Waals surface area contributed by atoms with Crippen LogP contribution in [0.4, 0.5) is 0 Å². The van der Waals surface area contributed by atoms with Gasteiger partial charge in [0.1, 0.15) is 6.61 Å². The van der Waals surface area contributed by atoms with Crippen LogP contribution in [0.5, 0.6) is 0 Å². The Balaban J connectivity index is 3.25. The van der Waals surface area contributed by atoms with Gasteiger partial charge in [0.25, 0.3) is 0 Å². The normalized spacial score (nSPS) is 9.40. The van der Waals surface area contributed by atoms with Crippen molar-refractivity contribution in [1.82, 2.24) is 0 Å². The Morgan fingerprint density at radius 2 is 2.30 bits per heavy atom. The first-order chi connectivity index (χ1) is 4.91. The molecule has 0 bridgehead atoms. The van der Waals surface area contributed by atoms with Gasteiger partial charge in [0.15, 0.2) is 0 Å². The van der Waals surface area contributed by atoms with E-state index in [4.69, 9.17) is 4.74 Å². The second-order valence-electron chi connectivity index (χ2n) is 1.95. The first kappa shape index (κ1) is 9.26. The second-order valence-corrected chi connectivity index (χ2v) is 1.95. The third-order valence-corrected chi connectivity index (χ3v) is 0.975. The van der Waals surface area contributed by atoms with E-state index < -0.39 is 0 Å². The van der Waals surface area contributed by atoms with E-state index in [0.717, 1.165) is 6.42 Å². The van der Waals surface area contributed by atoms with Gasteiger partial charge in [-0.05, 0) is 12.5 Å². The molecule has 0 aromatic heterocycles.